The van der Waals surface area contributed by atoms with Crippen molar-refractivity contribution in [3.63, 3.8) is 0 Å². The van der Waals surface area contributed by atoms with Gasteiger partial charge in [-0.2, -0.15) is 0 Å². The van der Waals surface area contributed by atoms with E-state index in [4.69, 9.17) is 4.74 Å². The van der Waals surface area contributed by atoms with Gasteiger partial charge < -0.3 is 4.74 Å². The van der Waals surface area contributed by atoms with Crippen molar-refractivity contribution in [3.05, 3.63) is 0 Å². The SMILES string of the molecule is CC(C)CCCOCCN1CCN(C(C)C)CC1. The molecule has 0 atom stereocenters. The zero-order valence-electron chi connectivity index (χ0n) is 12.8. The summed E-state index contributed by atoms with van der Waals surface area (Å²) in [5.74, 6) is 0.803. The van der Waals surface area contributed by atoms with Crippen molar-refractivity contribution in [2.24, 2.45) is 5.92 Å². The van der Waals surface area contributed by atoms with Gasteiger partial charge in [-0.25, -0.2) is 0 Å². The molecule has 0 aliphatic carbocycles. The van der Waals surface area contributed by atoms with Crippen LogP contribution in [0.1, 0.15) is 40.5 Å². The second kappa shape index (κ2) is 8.89. The normalized spacial score (nSPS) is 19.0. The summed E-state index contributed by atoms with van der Waals surface area (Å²) in [5.41, 5.74) is 0. The van der Waals surface area contributed by atoms with E-state index in [-0.39, 0.29) is 0 Å². The van der Waals surface area contributed by atoms with Gasteiger partial charge in [-0.15, -0.1) is 0 Å². The highest BCUT2D eigenvalue weighted by Crippen LogP contribution is 2.06. The summed E-state index contributed by atoms with van der Waals surface area (Å²) >= 11 is 0. The Bertz CT molecular complexity index is 199. The van der Waals surface area contributed by atoms with E-state index in [2.05, 4.69) is 37.5 Å². The molecule has 108 valence electrons. The first-order valence-corrected chi connectivity index (χ1v) is 7.63. The maximum Gasteiger partial charge on any atom is 0.0593 e. The largest absolute Gasteiger partial charge is 0.380 e. The lowest BCUT2D eigenvalue weighted by atomic mass is 10.1. The molecule has 0 spiro atoms. The number of hydrogen-bond acceptors (Lipinski definition) is 3. The predicted molar refractivity (Wildman–Crippen MR) is 78.0 cm³/mol. The Labute approximate surface area is 113 Å². The molecule has 1 fully saturated rings. The molecule has 1 aliphatic rings. The number of rotatable bonds is 8. The molecule has 0 radical (unpaired) electrons. The van der Waals surface area contributed by atoms with Gasteiger partial charge in [0.15, 0.2) is 0 Å². The summed E-state index contributed by atoms with van der Waals surface area (Å²) in [7, 11) is 0. The van der Waals surface area contributed by atoms with Crippen LogP contribution in [0.15, 0.2) is 0 Å². The molecule has 0 bridgehead atoms. The Morgan fingerprint density at radius 1 is 0.944 bits per heavy atom. The van der Waals surface area contributed by atoms with Gasteiger partial charge >= 0.3 is 0 Å². The van der Waals surface area contributed by atoms with Crippen LogP contribution in [0, 0.1) is 5.92 Å². The first-order valence-electron chi connectivity index (χ1n) is 7.63. The van der Waals surface area contributed by atoms with Crippen LogP contribution in [-0.4, -0.2) is 61.8 Å². The Morgan fingerprint density at radius 2 is 1.61 bits per heavy atom. The predicted octanol–water partition coefficient (Wildman–Crippen LogP) is 2.47. The number of hydrogen-bond donors (Lipinski definition) is 0. The monoisotopic (exact) mass is 256 g/mol. The van der Waals surface area contributed by atoms with E-state index < -0.39 is 0 Å². The minimum Gasteiger partial charge on any atom is -0.380 e. The van der Waals surface area contributed by atoms with Crippen LogP contribution in [-0.2, 0) is 4.74 Å². The lowest BCUT2D eigenvalue weighted by Crippen LogP contribution is -2.49. The van der Waals surface area contributed by atoms with E-state index >= 15 is 0 Å². The van der Waals surface area contributed by atoms with E-state index in [9.17, 15) is 0 Å². The van der Waals surface area contributed by atoms with Gasteiger partial charge in [-0.05, 0) is 32.6 Å². The molecule has 0 unspecified atom stereocenters. The third-order valence-electron chi connectivity index (χ3n) is 3.76. The minimum absolute atomic E-state index is 0.694. The van der Waals surface area contributed by atoms with Gasteiger partial charge in [0.2, 0.25) is 0 Å². The molecule has 1 rings (SSSR count). The van der Waals surface area contributed by atoms with Crippen molar-refractivity contribution in [1.82, 2.24) is 9.80 Å². The summed E-state index contributed by atoms with van der Waals surface area (Å²) in [4.78, 5) is 5.08. The standard InChI is InChI=1S/C15H32N2O/c1-14(2)6-5-12-18-13-11-16-7-9-17(10-8-16)15(3)4/h14-15H,5-13H2,1-4H3. The Balaban J connectivity index is 1.95. The van der Waals surface area contributed by atoms with Crippen LogP contribution < -0.4 is 0 Å². The Morgan fingerprint density at radius 3 is 2.17 bits per heavy atom. The van der Waals surface area contributed by atoms with E-state index in [1.165, 1.54) is 39.0 Å². The molecule has 0 saturated carbocycles. The summed E-state index contributed by atoms with van der Waals surface area (Å²) in [6, 6.07) is 0.694. The third-order valence-corrected chi connectivity index (χ3v) is 3.76. The number of piperazine rings is 1. The molecule has 0 amide bonds. The highest BCUT2D eigenvalue weighted by Gasteiger charge is 2.17. The molecule has 1 saturated heterocycles. The number of nitrogens with zero attached hydrogens (tertiary/aromatic N) is 2. The molecular formula is C15H32N2O. The van der Waals surface area contributed by atoms with Crippen molar-refractivity contribution in [1.29, 1.82) is 0 Å². The van der Waals surface area contributed by atoms with Gasteiger partial charge in [-0.1, -0.05) is 13.8 Å². The van der Waals surface area contributed by atoms with Crippen molar-refractivity contribution >= 4 is 0 Å². The smallest absolute Gasteiger partial charge is 0.0593 e. The molecule has 3 nitrogen and oxygen atoms in total. The molecule has 1 heterocycles. The fraction of sp³-hybridized carbons (Fsp3) is 1.00. The molecule has 0 aromatic rings. The van der Waals surface area contributed by atoms with Crippen LogP contribution in [0.5, 0.6) is 0 Å². The summed E-state index contributed by atoms with van der Waals surface area (Å²) in [6.07, 6.45) is 2.49. The van der Waals surface area contributed by atoms with Gasteiger partial charge in [0.25, 0.3) is 0 Å². The zero-order chi connectivity index (χ0) is 13.4. The molecule has 0 aromatic carbocycles. The fourth-order valence-electron chi connectivity index (χ4n) is 2.39. The second-order valence-electron chi connectivity index (χ2n) is 6.12. The molecule has 0 N–H and O–H groups in total. The van der Waals surface area contributed by atoms with Gasteiger partial charge in [0.05, 0.1) is 6.61 Å². The molecule has 3 heteroatoms. The van der Waals surface area contributed by atoms with Gasteiger partial charge in [0.1, 0.15) is 0 Å². The maximum atomic E-state index is 5.71. The molecule has 0 aromatic heterocycles. The van der Waals surface area contributed by atoms with Gasteiger partial charge in [-0.3, -0.25) is 9.80 Å². The van der Waals surface area contributed by atoms with E-state index in [1.807, 2.05) is 0 Å². The van der Waals surface area contributed by atoms with E-state index in [1.54, 1.807) is 0 Å². The summed E-state index contributed by atoms with van der Waals surface area (Å²) in [6.45, 7) is 16.9. The van der Waals surface area contributed by atoms with Crippen molar-refractivity contribution < 1.29 is 4.74 Å². The first-order chi connectivity index (χ1) is 8.59. The highest BCUT2D eigenvalue weighted by molar-refractivity contribution is 4.73. The lowest BCUT2D eigenvalue weighted by molar-refractivity contribution is 0.0647. The average molecular weight is 256 g/mol. The maximum absolute atomic E-state index is 5.71. The van der Waals surface area contributed by atoms with Gasteiger partial charge in [0, 0.05) is 45.4 Å². The Kier molecular flexibility index (Phi) is 7.87. The molecule has 18 heavy (non-hydrogen) atoms. The number of ether oxygens (including phenoxy) is 1. The van der Waals surface area contributed by atoms with Crippen molar-refractivity contribution in [2.75, 3.05) is 45.9 Å². The van der Waals surface area contributed by atoms with E-state index in [0.717, 1.165) is 25.7 Å². The first kappa shape index (κ1) is 15.9. The summed E-state index contributed by atoms with van der Waals surface area (Å²) in [5, 5.41) is 0. The summed E-state index contributed by atoms with van der Waals surface area (Å²) < 4.78 is 5.71. The highest BCUT2D eigenvalue weighted by atomic mass is 16.5. The third kappa shape index (κ3) is 6.72. The van der Waals surface area contributed by atoms with E-state index in [0.29, 0.717) is 6.04 Å². The zero-order valence-corrected chi connectivity index (χ0v) is 12.8. The minimum atomic E-state index is 0.694. The lowest BCUT2D eigenvalue weighted by Gasteiger charge is -2.36. The van der Waals surface area contributed by atoms with Crippen LogP contribution in [0.3, 0.4) is 0 Å². The van der Waals surface area contributed by atoms with Crippen LogP contribution in [0.25, 0.3) is 0 Å². The van der Waals surface area contributed by atoms with Crippen molar-refractivity contribution in [3.8, 4) is 0 Å². The average Bonchev–Trinajstić information content (AvgIpc) is 2.34. The fourth-order valence-corrected chi connectivity index (χ4v) is 2.39. The quantitative estimate of drug-likeness (QED) is 0.621. The van der Waals surface area contributed by atoms with Crippen LogP contribution in [0.2, 0.25) is 0 Å². The molecule has 1 aliphatic heterocycles. The van der Waals surface area contributed by atoms with Crippen molar-refractivity contribution in [2.45, 2.75) is 46.6 Å². The van der Waals surface area contributed by atoms with Crippen LogP contribution in [0.4, 0.5) is 0 Å². The Hall–Kier alpha value is -0.120. The topological polar surface area (TPSA) is 15.7 Å². The molecular weight excluding hydrogens is 224 g/mol. The second-order valence-corrected chi connectivity index (χ2v) is 6.12. The van der Waals surface area contributed by atoms with Crippen LogP contribution >= 0.6 is 0 Å².